The van der Waals surface area contributed by atoms with Gasteiger partial charge < -0.3 is 24.6 Å². The maximum absolute atomic E-state index is 13.2. The Balaban J connectivity index is 2.08. The summed E-state index contributed by atoms with van der Waals surface area (Å²) in [6.45, 7) is 10.2. The molecule has 0 fully saturated rings. The summed E-state index contributed by atoms with van der Waals surface area (Å²) in [5.74, 6) is -1.68. The molecule has 0 heterocycles. The van der Waals surface area contributed by atoms with Crippen LogP contribution < -0.4 is 15.5 Å². The number of hydrazone groups is 1. The second kappa shape index (κ2) is 13.5. The summed E-state index contributed by atoms with van der Waals surface area (Å²) >= 11 is 0. The minimum atomic E-state index is -1.12. The monoisotopic (exact) mass is 541 g/mol. The van der Waals surface area contributed by atoms with E-state index >= 15 is 0 Å². The number of benzene rings is 2. The molecule has 11 heteroatoms. The van der Waals surface area contributed by atoms with Crippen LogP contribution in [0.3, 0.4) is 0 Å². The molecule has 0 aromatic heterocycles. The average molecular weight is 542 g/mol. The Bertz CT molecular complexity index is 1180. The van der Waals surface area contributed by atoms with Crippen molar-refractivity contribution in [2.45, 2.75) is 58.8 Å². The van der Waals surface area contributed by atoms with Gasteiger partial charge >= 0.3 is 12.1 Å². The van der Waals surface area contributed by atoms with Crippen molar-refractivity contribution >= 4 is 30.0 Å². The summed E-state index contributed by atoms with van der Waals surface area (Å²) in [6, 6.07) is 11.4. The molecule has 0 spiro atoms. The van der Waals surface area contributed by atoms with Crippen molar-refractivity contribution in [1.82, 2.24) is 10.7 Å². The Morgan fingerprint density at radius 1 is 0.897 bits per heavy atom. The topological polar surface area (TPSA) is 153 Å². The molecule has 11 nitrogen and oxygen atoms in total. The van der Waals surface area contributed by atoms with Crippen LogP contribution >= 0.6 is 0 Å². The number of carboxylic acids is 1. The van der Waals surface area contributed by atoms with Crippen LogP contribution in [0.2, 0.25) is 0 Å². The lowest BCUT2D eigenvalue weighted by atomic mass is 10.0. The van der Waals surface area contributed by atoms with Gasteiger partial charge in [0.2, 0.25) is 0 Å². The summed E-state index contributed by atoms with van der Waals surface area (Å²) in [6.07, 6.45) is 0.712. The van der Waals surface area contributed by atoms with Crippen molar-refractivity contribution in [3.05, 3.63) is 65.2 Å². The van der Waals surface area contributed by atoms with E-state index in [1.807, 2.05) is 20.8 Å². The molecule has 2 amide bonds. The molecule has 39 heavy (non-hydrogen) atoms. The first-order valence-electron chi connectivity index (χ1n) is 12.2. The Hall–Kier alpha value is -4.25. The van der Waals surface area contributed by atoms with Gasteiger partial charge in [-0.15, -0.1) is 0 Å². The number of carboxylic acid groups (broad SMARTS) is 1. The summed E-state index contributed by atoms with van der Waals surface area (Å²) in [4.78, 5) is 48.5. The van der Waals surface area contributed by atoms with Crippen LogP contribution in [0.15, 0.2) is 53.6 Å². The SMILES string of the molecule is CC(C)(C)OC[C@H](NC(=O)c1ccc(C=NNC(=O)OC(C)(C)C)cc1)C(=O)c1ccc(OCC(=O)O)cc1. The fourth-order valence-electron chi connectivity index (χ4n) is 3.00. The third kappa shape index (κ3) is 11.8. The number of ether oxygens (including phenoxy) is 3. The molecule has 0 radical (unpaired) electrons. The summed E-state index contributed by atoms with van der Waals surface area (Å²) in [5.41, 5.74) is 2.29. The molecule has 210 valence electrons. The minimum Gasteiger partial charge on any atom is -0.482 e. The fourth-order valence-corrected chi connectivity index (χ4v) is 3.00. The van der Waals surface area contributed by atoms with E-state index in [0.717, 1.165) is 0 Å². The van der Waals surface area contributed by atoms with Crippen LogP contribution in [0.1, 0.15) is 67.8 Å². The summed E-state index contributed by atoms with van der Waals surface area (Å²) in [5, 5.41) is 15.3. The van der Waals surface area contributed by atoms with Crippen LogP contribution in [0.5, 0.6) is 5.75 Å². The third-order valence-corrected chi connectivity index (χ3v) is 4.75. The molecule has 3 N–H and O–H groups in total. The highest BCUT2D eigenvalue weighted by atomic mass is 16.6. The fraction of sp³-hybridized carbons (Fsp3) is 0.393. The number of ketones is 1. The van der Waals surface area contributed by atoms with Gasteiger partial charge in [0.05, 0.1) is 18.4 Å². The van der Waals surface area contributed by atoms with Crippen LogP contribution in [-0.4, -0.2) is 65.5 Å². The molecule has 0 unspecified atom stereocenters. The van der Waals surface area contributed by atoms with Crippen molar-refractivity contribution < 1.29 is 38.5 Å². The molecule has 0 aliphatic carbocycles. The molecule has 1 atom stereocenters. The Morgan fingerprint density at radius 3 is 2.03 bits per heavy atom. The van der Waals surface area contributed by atoms with Gasteiger partial charge in [-0.3, -0.25) is 9.59 Å². The number of rotatable bonds is 11. The number of nitrogens with zero attached hydrogens (tertiary/aromatic N) is 1. The highest BCUT2D eigenvalue weighted by Crippen LogP contribution is 2.16. The van der Waals surface area contributed by atoms with Crippen LogP contribution in [0.25, 0.3) is 0 Å². The number of nitrogens with one attached hydrogen (secondary N) is 2. The zero-order valence-electron chi connectivity index (χ0n) is 22.9. The number of carbonyl (C=O) groups is 4. The lowest BCUT2D eigenvalue weighted by molar-refractivity contribution is -0.139. The molecule has 2 aromatic rings. The van der Waals surface area contributed by atoms with E-state index in [4.69, 9.17) is 19.3 Å². The number of Topliss-reactive ketones (excluding diaryl/α,β-unsaturated/α-hetero) is 1. The van der Waals surface area contributed by atoms with E-state index in [9.17, 15) is 19.2 Å². The molecule has 0 bridgehead atoms. The number of amides is 2. The van der Waals surface area contributed by atoms with E-state index in [1.54, 1.807) is 45.0 Å². The quantitative estimate of drug-likeness (QED) is 0.221. The highest BCUT2D eigenvalue weighted by molar-refractivity contribution is 6.04. The Labute approximate surface area is 227 Å². The van der Waals surface area contributed by atoms with Gasteiger partial charge in [-0.2, -0.15) is 5.10 Å². The Kier molecular flexibility index (Phi) is 10.7. The number of aliphatic carboxylic acids is 1. The molecule has 0 aliphatic rings. The first-order valence-corrected chi connectivity index (χ1v) is 12.2. The zero-order chi connectivity index (χ0) is 29.2. The lowest BCUT2D eigenvalue weighted by Crippen LogP contribution is -2.45. The smallest absolute Gasteiger partial charge is 0.428 e. The number of hydrogen-bond acceptors (Lipinski definition) is 8. The standard InChI is InChI=1S/C28H35N3O8/c1-27(2,3)38-16-22(24(34)19-11-13-21(14-12-19)37-17-23(32)33)30-25(35)20-9-7-18(8-10-20)15-29-31-26(36)39-28(4,5)6/h7-15,22H,16-17H2,1-6H3,(H,30,35)(H,31,36)(H,32,33)/t22-/m0/s1. The van der Waals surface area contributed by atoms with Crippen LogP contribution in [0, 0.1) is 0 Å². The summed E-state index contributed by atoms with van der Waals surface area (Å²) in [7, 11) is 0. The van der Waals surface area contributed by atoms with Gasteiger partial charge in [0, 0.05) is 11.1 Å². The van der Waals surface area contributed by atoms with Gasteiger partial charge in [0.25, 0.3) is 5.91 Å². The van der Waals surface area contributed by atoms with Gasteiger partial charge in [0.1, 0.15) is 17.4 Å². The molecule has 0 saturated heterocycles. The van der Waals surface area contributed by atoms with E-state index in [0.29, 0.717) is 22.4 Å². The van der Waals surface area contributed by atoms with Crippen molar-refractivity contribution in [3.8, 4) is 5.75 Å². The average Bonchev–Trinajstić information content (AvgIpc) is 2.83. The van der Waals surface area contributed by atoms with E-state index in [2.05, 4.69) is 15.8 Å². The predicted octanol–water partition coefficient (Wildman–Crippen LogP) is 3.81. The van der Waals surface area contributed by atoms with Crippen molar-refractivity contribution in [2.24, 2.45) is 5.10 Å². The zero-order valence-corrected chi connectivity index (χ0v) is 22.9. The molecule has 0 aliphatic heterocycles. The van der Waals surface area contributed by atoms with Gasteiger partial charge in [0.15, 0.2) is 12.4 Å². The first kappa shape index (κ1) is 31.0. The first-order chi connectivity index (χ1) is 18.1. The second-order valence-electron chi connectivity index (χ2n) is 10.5. The Morgan fingerprint density at radius 2 is 1.49 bits per heavy atom. The molecular weight excluding hydrogens is 506 g/mol. The van der Waals surface area contributed by atoms with Crippen molar-refractivity contribution in [3.63, 3.8) is 0 Å². The predicted molar refractivity (Wildman–Crippen MR) is 144 cm³/mol. The van der Waals surface area contributed by atoms with Crippen LogP contribution in [0.4, 0.5) is 4.79 Å². The van der Waals surface area contributed by atoms with Gasteiger partial charge in [-0.25, -0.2) is 15.0 Å². The molecule has 0 saturated carbocycles. The van der Waals surface area contributed by atoms with E-state index in [1.165, 1.54) is 30.5 Å². The maximum atomic E-state index is 13.2. The van der Waals surface area contributed by atoms with E-state index in [-0.39, 0.29) is 12.4 Å². The largest absolute Gasteiger partial charge is 0.482 e. The second-order valence-corrected chi connectivity index (χ2v) is 10.5. The van der Waals surface area contributed by atoms with Crippen molar-refractivity contribution in [2.75, 3.05) is 13.2 Å². The molecule has 2 rings (SSSR count). The van der Waals surface area contributed by atoms with Gasteiger partial charge in [-0.05, 0) is 83.5 Å². The lowest BCUT2D eigenvalue weighted by Gasteiger charge is -2.24. The number of carbonyl (C=O) groups excluding carboxylic acids is 3. The van der Waals surface area contributed by atoms with Crippen LogP contribution in [-0.2, 0) is 14.3 Å². The van der Waals surface area contributed by atoms with Crippen molar-refractivity contribution in [1.29, 1.82) is 0 Å². The summed E-state index contributed by atoms with van der Waals surface area (Å²) < 4.78 is 16.0. The molecular formula is C28H35N3O8. The van der Waals surface area contributed by atoms with E-state index < -0.39 is 41.8 Å². The molecule has 2 aromatic carbocycles. The maximum Gasteiger partial charge on any atom is 0.428 e. The minimum absolute atomic E-state index is 0.0631. The van der Waals surface area contributed by atoms with Gasteiger partial charge in [-0.1, -0.05) is 12.1 Å². The number of hydrogen-bond donors (Lipinski definition) is 3. The highest BCUT2D eigenvalue weighted by Gasteiger charge is 2.25. The normalized spacial score (nSPS) is 12.5. The third-order valence-electron chi connectivity index (χ3n) is 4.75.